The van der Waals surface area contributed by atoms with Gasteiger partial charge in [0.15, 0.2) is 6.61 Å². The Morgan fingerprint density at radius 3 is 2.43 bits per heavy atom. The van der Waals surface area contributed by atoms with Gasteiger partial charge in [0.05, 0.1) is 0 Å². The smallest absolute Gasteiger partial charge is 0.260 e. The van der Waals surface area contributed by atoms with E-state index in [1.54, 1.807) is 4.90 Å². The molecule has 118 valence electrons. The minimum Gasteiger partial charge on any atom is -0.483 e. The van der Waals surface area contributed by atoms with E-state index < -0.39 is 0 Å². The van der Waals surface area contributed by atoms with Crippen LogP contribution in [0.2, 0.25) is 0 Å². The summed E-state index contributed by atoms with van der Waals surface area (Å²) in [5.41, 5.74) is 1.12. The van der Waals surface area contributed by atoms with Crippen molar-refractivity contribution in [1.82, 2.24) is 10.2 Å². The fourth-order valence-corrected chi connectivity index (χ4v) is 2.43. The number of para-hydroxylation sites is 1. The summed E-state index contributed by atoms with van der Waals surface area (Å²) in [6.07, 6.45) is 0.984. The van der Waals surface area contributed by atoms with Crippen molar-refractivity contribution in [3.05, 3.63) is 29.8 Å². The lowest BCUT2D eigenvalue weighted by Gasteiger charge is -2.22. The highest BCUT2D eigenvalue weighted by Crippen LogP contribution is 2.27. The second-order valence-electron chi connectivity index (χ2n) is 4.91. The van der Waals surface area contributed by atoms with E-state index in [0.717, 1.165) is 37.4 Å². The van der Waals surface area contributed by atoms with Gasteiger partial charge in [0.25, 0.3) is 5.91 Å². The van der Waals surface area contributed by atoms with E-state index in [2.05, 4.69) is 25.2 Å². The Hall–Kier alpha value is -1.55. The molecule has 1 aromatic carbocycles. The second kappa shape index (κ2) is 9.40. The molecule has 0 aromatic heterocycles. The van der Waals surface area contributed by atoms with Gasteiger partial charge in [-0.1, -0.05) is 32.0 Å². The fourth-order valence-electron chi connectivity index (χ4n) is 2.43. The van der Waals surface area contributed by atoms with Crippen LogP contribution in [0.25, 0.3) is 0 Å². The molecule has 1 rings (SSSR count). The summed E-state index contributed by atoms with van der Waals surface area (Å²) in [6.45, 7) is 10.6. The zero-order valence-electron chi connectivity index (χ0n) is 13.7. The van der Waals surface area contributed by atoms with E-state index in [0.29, 0.717) is 0 Å². The van der Waals surface area contributed by atoms with E-state index >= 15 is 0 Å². The van der Waals surface area contributed by atoms with E-state index in [4.69, 9.17) is 4.74 Å². The third kappa shape index (κ3) is 5.05. The van der Waals surface area contributed by atoms with E-state index in [1.807, 2.05) is 32.0 Å². The van der Waals surface area contributed by atoms with Gasteiger partial charge in [-0.3, -0.25) is 4.79 Å². The van der Waals surface area contributed by atoms with Gasteiger partial charge in [0.1, 0.15) is 5.75 Å². The lowest BCUT2D eigenvalue weighted by Crippen LogP contribution is -2.34. The van der Waals surface area contributed by atoms with Crippen molar-refractivity contribution < 1.29 is 9.53 Å². The predicted octanol–water partition coefficient (Wildman–Crippen LogP) is 2.99. The summed E-state index contributed by atoms with van der Waals surface area (Å²) < 4.78 is 5.78. The first-order valence-corrected chi connectivity index (χ1v) is 7.90. The third-order valence-electron chi connectivity index (χ3n) is 3.62. The maximum absolute atomic E-state index is 12.0. The summed E-state index contributed by atoms with van der Waals surface area (Å²) in [5, 5.41) is 3.45. The van der Waals surface area contributed by atoms with Crippen LogP contribution in [0.15, 0.2) is 24.3 Å². The zero-order valence-corrected chi connectivity index (χ0v) is 13.7. The highest BCUT2D eigenvalue weighted by atomic mass is 16.5. The van der Waals surface area contributed by atoms with Crippen LogP contribution in [0.5, 0.6) is 5.75 Å². The Morgan fingerprint density at radius 2 is 1.86 bits per heavy atom. The van der Waals surface area contributed by atoms with E-state index in [-0.39, 0.29) is 18.6 Å². The number of ether oxygens (including phenoxy) is 1. The molecule has 21 heavy (non-hydrogen) atoms. The molecule has 1 N–H and O–H groups in total. The number of benzene rings is 1. The van der Waals surface area contributed by atoms with Gasteiger partial charge >= 0.3 is 0 Å². The molecule has 1 atom stereocenters. The molecule has 0 bridgehead atoms. The standard InChI is InChI=1S/C17H28N2O2/c1-5-15(18-6-2)14-11-9-10-12-16(14)21-13-17(20)19(7-3)8-4/h9-12,15,18H,5-8,13H2,1-4H3. The van der Waals surface area contributed by atoms with Gasteiger partial charge in [-0.05, 0) is 32.9 Å². The molecule has 1 aromatic rings. The number of amides is 1. The highest BCUT2D eigenvalue weighted by Gasteiger charge is 2.15. The van der Waals surface area contributed by atoms with Crippen molar-refractivity contribution in [2.45, 2.75) is 40.2 Å². The molecule has 0 fully saturated rings. The van der Waals surface area contributed by atoms with Crippen LogP contribution < -0.4 is 10.1 Å². The lowest BCUT2D eigenvalue weighted by atomic mass is 10.0. The molecule has 0 aliphatic carbocycles. The summed E-state index contributed by atoms with van der Waals surface area (Å²) in [6, 6.07) is 8.21. The van der Waals surface area contributed by atoms with Crippen LogP contribution >= 0.6 is 0 Å². The van der Waals surface area contributed by atoms with Gasteiger partial charge in [-0.15, -0.1) is 0 Å². The molecule has 0 saturated carbocycles. The number of carbonyl (C=O) groups excluding carboxylic acids is 1. The third-order valence-corrected chi connectivity index (χ3v) is 3.62. The van der Waals surface area contributed by atoms with Crippen LogP contribution in [0.1, 0.15) is 45.7 Å². The Bertz CT molecular complexity index is 431. The first kappa shape index (κ1) is 17.5. The predicted molar refractivity (Wildman–Crippen MR) is 86.6 cm³/mol. The first-order chi connectivity index (χ1) is 10.2. The van der Waals surface area contributed by atoms with Gasteiger partial charge in [-0.2, -0.15) is 0 Å². The zero-order chi connectivity index (χ0) is 15.7. The molecule has 1 amide bonds. The van der Waals surface area contributed by atoms with Crippen LogP contribution in [0.3, 0.4) is 0 Å². The minimum absolute atomic E-state index is 0.0336. The number of hydrogen-bond donors (Lipinski definition) is 1. The monoisotopic (exact) mass is 292 g/mol. The number of carbonyl (C=O) groups is 1. The van der Waals surface area contributed by atoms with Crippen LogP contribution in [-0.2, 0) is 4.79 Å². The number of hydrogen-bond acceptors (Lipinski definition) is 3. The van der Waals surface area contributed by atoms with Crippen molar-refractivity contribution in [2.75, 3.05) is 26.2 Å². The molecule has 0 spiro atoms. The van der Waals surface area contributed by atoms with E-state index in [9.17, 15) is 4.79 Å². The van der Waals surface area contributed by atoms with Crippen LogP contribution in [0, 0.1) is 0 Å². The molecular formula is C17H28N2O2. The quantitative estimate of drug-likeness (QED) is 0.761. The van der Waals surface area contributed by atoms with Crippen molar-refractivity contribution in [2.24, 2.45) is 0 Å². The van der Waals surface area contributed by atoms with Crippen molar-refractivity contribution in [1.29, 1.82) is 0 Å². The summed E-state index contributed by atoms with van der Waals surface area (Å²) in [4.78, 5) is 13.8. The molecule has 0 aliphatic heterocycles. The lowest BCUT2D eigenvalue weighted by molar-refractivity contribution is -0.132. The SMILES string of the molecule is CCNC(CC)c1ccccc1OCC(=O)N(CC)CC. The van der Waals surface area contributed by atoms with Crippen molar-refractivity contribution in [3.8, 4) is 5.75 Å². The van der Waals surface area contributed by atoms with Gasteiger partial charge in [0.2, 0.25) is 0 Å². The Labute approximate surface area is 128 Å². The number of likely N-dealkylation sites (N-methyl/N-ethyl adjacent to an activating group) is 1. The van der Waals surface area contributed by atoms with Crippen LogP contribution in [0.4, 0.5) is 0 Å². The van der Waals surface area contributed by atoms with Gasteiger partial charge in [-0.25, -0.2) is 0 Å². The minimum atomic E-state index is 0.0336. The topological polar surface area (TPSA) is 41.6 Å². The summed E-state index contributed by atoms with van der Waals surface area (Å²) >= 11 is 0. The van der Waals surface area contributed by atoms with Gasteiger partial charge < -0.3 is 15.0 Å². The number of nitrogens with one attached hydrogen (secondary N) is 1. The molecule has 0 radical (unpaired) electrons. The fraction of sp³-hybridized carbons (Fsp3) is 0.588. The molecule has 0 saturated heterocycles. The normalized spacial score (nSPS) is 12.0. The molecule has 0 aliphatic rings. The maximum atomic E-state index is 12.0. The molecule has 4 heteroatoms. The number of rotatable bonds is 9. The van der Waals surface area contributed by atoms with Crippen LogP contribution in [-0.4, -0.2) is 37.0 Å². The molecular weight excluding hydrogens is 264 g/mol. The van der Waals surface area contributed by atoms with Crippen molar-refractivity contribution in [3.63, 3.8) is 0 Å². The second-order valence-corrected chi connectivity index (χ2v) is 4.91. The van der Waals surface area contributed by atoms with E-state index in [1.165, 1.54) is 0 Å². The van der Waals surface area contributed by atoms with Crippen molar-refractivity contribution >= 4 is 5.91 Å². The molecule has 1 unspecified atom stereocenters. The average molecular weight is 292 g/mol. The highest BCUT2D eigenvalue weighted by molar-refractivity contribution is 5.77. The largest absolute Gasteiger partial charge is 0.483 e. The summed E-state index contributed by atoms with van der Waals surface area (Å²) in [7, 11) is 0. The Kier molecular flexibility index (Phi) is 7.83. The van der Waals surface area contributed by atoms with Gasteiger partial charge in [0, 0.05) is 24.7 Å². The Balaban J connectivity index is 2.77. The first-order valence-electron chi connectivity index (χ1n) is 7.90. The average Bonchev–Trinajstić information content (AvgIpc) is 2.52. The number of nitrogens with zero attached hydrogens (tertiary/aromatic N) is 1. The maximum Gasteiger partial charge on any atom is 0.260 e. The molecule has 0 heterocycles. The summed E-state index contributed by atoms with van der Waals surface area (Å²) in [5.74, 6) is 0.831. The Morgan fingerprint density at radius 1 is 1.19 bits per heavy atom. The molecule has 4 nitrogen and oxygen atoms in total.